The maximum Gasteiger partial charge on any atom is 0.133 e. The number of nitrogens with zero attached hydrogens (tertiary/aromatic N) is 1. The fraction of sp³-hybridized carbons (Fsp3) is 0.167. The maximum absolute atomic E-state index is 5.70. The van der Waals surface area contributed by atoms with E-state index in [1.807, 2.05) is 12.1 Å². The number of aromatic nitrogens is 1. The van der Waals surface area contributed by atoms with Gasteiger partial charge in [-0.2, -0.15) is 0 Å². The summed E-state index contributed by atoms with van der Waals surface area (Å²) in [5.74, 6) is 5.09. The van der Waals surface area contributed by atoms with Crippen LogP contribution in [0, 0.1) is 0 Å². The standard InChI is InChI=1S/C6H8ClN3.ClH/c7-6-5(4-10-8)2-1-3-9-6;/h1-3,10H,4,8H2;1H. The number of hydrogen-bond donors (Lipinski definition) is 2. The van der Waals surface area contributed by atoms with Crippen molar-refractivity contribution < 1.29 is 0 Å². The zero-order chi connectivity index (χ0) is 7.40. The largest absolute Gasteiger partial charge is 0.271 e. The molecule has 3 N–H and O–H groups in total. The van der Waals surface area contributed by atoms with Gasteiger partial charge in [0.2, 0.25) is 0 Å². The quantitative estimate of drug-likeness (QED) is 0.421. The van der Waals surface area contributed by atoms with Crippen LogP contribution in [0.25, 0.3) is 0 Å². The minimum atomic E-state index is 0. The lowest BCUT2D eigenvalue weighted by Crippen LogP contribution is -2.21. The van der Waals surface area contributed by atoms with Crippen molar-refractivity contribution in [2.45, 2.75) is 6.54 Å². The first-order valence-corrected chi connectivity index (χ1v) is 3.25. The van der Waals surface area contributed by atoms with Crippen molar-refractivity contribution >= 4 is 24.0 Å². The Morgan fingerprint density at radius 3 is 2.91 bits per heavy atom. The minimum Gasteiger partial charge on any atom is -0.271 e. The summed E-state index contributed by atoms with van der Waals surface area (Å²) >= 11 is 5.70. The molecule has 1 rings (SSSR count). The van der Waals surface area contributed by atoms with E-state index in [0.717, 1.165) is 5.56 Å². The molecule has 0 radical (unpaired) electrons. The Kier molecular flexibility index (Phi) is 5.15. The van der Waals surface area contributed by atoms with Gasteiger partial charge in [-0.1, -0.05) is 17.7 Å². The molecular formula is C6H9Cl2N3. The third-order valence-electron chi connectivity index (χ3n) is 1.13. The molecule has 0 aliphatic rings. The van der Waals surface area contributed by atoms with E-state index < -0.39 is 0 Å². The van der Waals surface area contributed by atoms with E-state index in [4.69, 9.17) is 17.4 Å². The lowest BCUT2D eigenvalue weighted by Gasteiger charge is -1.99. The van der Waals surface area contributed by atoms with E-state index >= 15 is 0 Å². The van der Waals surface area contributed by atoms with Gasteiger partial charge < -0.3 is 0 Å². The van der Waals surface area contributed by atoms with Gasteiger partial charge in [-0.3, -0.25) is 11.3 Å². The molecule has 1 aromatic rings. The molecule has 0 unspecified atom stereocenters. The van der Waals surface area contributed by atoms with Gasteiger partial charge in [0.1, 0.15) is 5.15 Å². The Morgan fingerprint density at radius 1 is 1.64 bits per heavy atom. The average Bonchev–Trinajstić information content (AvgIpc) is 1.94. The molecule has 0 amide bonds. The Bertz CT molecular complexity index is 217. The van der Waals surface area contributed by atoms with Crippen molar-refractivity contribution in [3.8, 4) is 0 Å². The predicted molar refractivity (Wildman–Crippen MR) is 47.5 cm³/mol. The maximum atomic E-state index is 5.70. The smallest absolute Gasteiger partial charge is 0.133 e. The van der Waals surface area contributed by atoms with Gasteiger partial charge in [0.25, 0.3) is 0 Å². The first-order valence-electron chi connectivity index (χ1n) is 2.87. The summed E-state index contributed by atoms with van der Waals surface area (Å²) in [5.41, 5.74) is 3.41. The van der Waals surface area contributed by atoms with E-state index in [1.54, 1.807) is 6.20 Å². The van der Waals surface area contributed by atoms with Crippen LogP contribution in [0.1, 0.15) is 5.56 Å². The molecule has 0 aliphatic carbocycles. The highest BCUT2D eigenvalue weighted by molar-refractivity contribution is 6.30. The second-order valence-electron chi connectivity index (χ2n) is 1.83. The third-order valence-corrected chi connectivity index (χ3v) is 1.47. The van der Waals surface area contributed by atoms with Crippen LogP contribution >= 0.6 is 24.0 Å². The number of nitrogens with one attached hydrogen (secondary N) is 1. The molecule has 0 atom stereocenters. The average molecular weight is 194 g/mol. The van der Waals surface area contributed by atoms with E-state index in [-0.39, 0.29) is 12.4 Å². The van der Waals surface area contributed by atoms with Crippen LogP contribution in [0.3, 0.4) is 0 Å². The summed E-state index contributed by atoms with van der Waals surface area (Å²) in [6, 6.07) is 3.69. The summed E-state index contributed by atoms with van der Waals surface area (Å²) < 4.78 is 0. The van der Waals surface area contributed by atoms with Gasteiger partial charge in [0.05, 0.1) is 0 Å². The first-order chi connectivity index (χ1) is 4.84. The van der Waals surface area contributed by atoms with Gasteiger partial charge in [-0.25, -0.2) is 4.98 Å². The Hall–Kier alpha value is -0.350. The lowest BCUT2D eigenvalue weighted by atomic mass is 10.3. The van der Waals surface area contributed by atoms with Crippen molar-refractivity contribution in [3.63, 3.8) is 0 Å². The fourth-order valence-corrected chi connectivity index (χ4v) is 0.847. The van der Waals surface area contributed by atoms with Crippen LogP contribution in [0.2, 0.25) is 5.15 Å². The Morgan fingerprint density at radius 2 is 2.36 bits per heavy atom. The molecule has 0 bridgehead atoms. The zero-order valence-electron chi connectivity index (χ0n) is 5.75. The molecule has 62 valence electrons. The number of nitrogens with two attached hydrogens (primary N) is 1. The lowest BCUT2D eigenvalue weighted by molar-refractivity contribution is 0.739. The number of pyridine rings is 1. The molecule has 3 nitrogen and oxygen atoms in total. The predicted octanol–water partition coefficient (Wildman–Crippen LogP) is 1.12. The molecule has 0 saturated heterocycles. The van der Waals surface area contributed by atoms with Crippen molar-refractivity contribution in [2.24, 2.45) is 5.84 Å². The Balaban J connectivity index is 0.000001000. The van der Waals surface area contributed by atoms with Gasteiger partial charge in [0.15, 0.2) is 0 Å². The minimum absolute atomic E-state index is 0. The van der Waals surface area contributed by atoms with Crippen molar-refractivity contribution in [1.82, 2.24) is 10.4 Å². The van der Waals surface area contributed by atoms with Crippen LogP contribution in [-0.4, -0.2) is 4.98 Å². The molecule has 0 saturated carbocycles. The second-order valence-corrected chi connectivity index (χ2v) is 2.19. The molecule has 1 aromatic heterocycles. The van der Waals surface area contributed by atoms with Gasteiger partial charge in [-0.15, -0.1) is 12.4 Å². The SMILES string of the molecule is Cl.NNCc1cccnc1Cl. The monoisotopic (exact) mass is 193 g/mol. The molecule has 0 aliphatic heterocycles. The molecule has 1 heterocycles. The normalized spacial score (nSPS) is 8.91. The molecule has 0 aromatic carbocycles. The molecular weight excluding hydrogens is 185 g/mol. The van der Waals surface area contributed by atoms with Gasteiger partial charge in [0, 0.05) is 18.3 Å². The van der Waals surface area contributed by atoms with Crippen molar-refractivity contribution in [2.75, 3.05) is 0 Å². The molecule has 11 heavy (non-hydrogen) atoms. The highest BCUT2D eigenvalue weighted by Gasteiger charge is 1.96. The topological polar surface area (TPSA) is 50.9 Å². The number of hydrazine groups is 1. The Labute approximate surface area is 76.3 Å². The van der Waals surface area contributed by atoms with Gasteiger partial charge in [-0.05, 0) is 6.07 Å². The third kappa shape index (κ3) is 3.03. The van der Waals surface area contributed by atoms with Crippen LogP contribution in [0.5, 0.6) is 0 Å². The van der Waals surface area contributed by atoms with Crippen molar-refractivity contribution in [3.05, 3.63) is 29.0 Å². The molecule has 0 fully saturated rings. The summed E-state index contributed by atoms with van der Waals surface area (Å²) in [6.45, 7) is 0.548. The fourth-order valence-electron chi connectivity index (χ4n) is 0.661. The highest BCUT2D eigenvalue weighted by Crippen LogP contribution is 2.09. The van der Waals surface area contributed by atoms with E-state index in [2.05, 4.69) is 10.4 Å². The first kappa shape index (κ1) is 10.7. The van der Waals surface area contributed by atoms with Crippen LogP contribution in [0.4, 0.5) is 0 Å². The van der Waals surface area contributed by atoms with Crippen molar-refractivity contribution in [1.29, 1.82) is 0 Å². The summed E-state index contributed by atoms with van der Waals surface area (Å²) in [6.07, 6.45) is 1.64. The van der Waals surface area contributed by atoms with Crippen LogP contribution < -0.4 is 11.3 Å². The number of halogens is 2. The zero-order valence-corrected chi connectivity index (χ0v) is 7.32. The molecule has 5 heteroatoms. The summed E-state index contributed by atoms with van der Waals surface area (Å²) in [7, 11) is 0. The van der Waals surface area contributed by atoms with Crippen LogP contribution in [-0.2, 0) is 6.54 Å². The van der Waals surface area contributed by atoms with Gasteiger partial charge >= 0.3 is 0 Å². The number of rotatable bonds is 2. The van der Waals surface area contributed by atoms with E-state index in [0.29, 0.717) is 11.7 Å². The van der Waals surface area contributed by atoms with E-state index in [1.165, 1.54) is 0 Å². The van der Waals surface area contributed by atoms with Crippen LogP contribution in [0.15, 0.2) is 18.3 Å². The molecule has 0 spiro atoms. The summed E-state index contributed by atoms with van der Waals surface area (Å²) in [5, 5.41) is 0.500. The highest BCUT2D eigenvalue weighted by atomic mass is 35.5. The second kappa shape index (κ2) is 5.32. The van der Waals surface area contributed by atoms with E-state index in [9.17, 15) is 0 Å². The summed E-state index contributed by atoms with van der Waals surface area (Å²) in [4.78, 5) is 3.87. The number of hydrogen-bond acceptors (Lipinski definition) is 3.